The fourth-order valence-electron chi connectivity index (χ4n) is 2.81. The summed E-state index contributed by atoms with van der Waals surface area (Å²) in [5, 5.41) is 26.1. The number of pyridine rings is 1. The average Bonchev–Trinajstić information content (AvgIpc) is 3.17. The number of rotatable bonds is 5. The second-order valence-corrected chi connectivity index (χ2v) is 5.91. The lowest BCUT2D eigenvalue weighted by Crippen LogP contribution is -2.01. The largest absolute Gasteiger partial charge is 0.396 e. The molecular weight excluding hydrogens is 361 g/mol. The lowest BCUT2D eigenvalue weighted by molar-refractivity contribution is 0.298. The van der Waals surface area contributed by atoms with Crippen molar-refractivity contribution in [2.24, 2.45) is 0 Å². The van der Waals surface area contributed by atoms with Gasteiger partial charge in [0.25, 0.3) is 0 Å². The van der Waals surface area contributed by atoms with E-state index in [0.29, 0.717) is 40.4 Å². The van der Waals surface area contributed by atoms with Crippen LogP contribution >= 0.6 is 0 Å². The fourth-order valence-corrected chi connectivity index (χ4v) is 2.81. The number of aliphatic hydroxyl groups is 1. The number of aromatic nitrogens is 5. The molecule has 0 saturated heterocycles. The SMILES string of the molecule is N#Cc1ccccc1-n1cc2c(Nc3cc(CCO)ncn3)ncc(F)c2n1. The Kier molecular flexibility index (Phi) is 4.62. The molecular formula is C19H14FN7O. The van der Waals surface area contributed by atoms with Gasteiger partial charge in [-0.15, -0.1) is 0 Å². The predicted octanol–water partition coefficient (Wildman–Crippen LogP) is 2.50. The van der Waals surface area contributed by atoms with Gasteiger partial charge >= 0.3 is 0 Å². The molecule has 8 nitrogen and oxygen atoms in total. The van der Waals surface area contributed by atoms with E-state index in [1.165, 1.54) is 11.0 Å². The highest BCUT2D eigenvalue weighted by atomic mass is 19.1. The van der Waals surface area contributed by atoms with Crippen LogP contribution in [-0.4, -0.2) is 36.4 Å². The lowest BCUT2D eigenvalue weighted by Gasteiger charge is -2.06. The standard InChI is InChI=1S/C19H14FN7O/c20-15-9-22-19(25-17-7-13(5-6-28)23-11-24-17)14-10-27(26-18(14)15)16-4-2-1-3-12(16)8-21/h1-4,7,9-11,28H,5-6H2,(H,22,23,24,25). The van der Waals surface area contributed by atoms with Gasteiger partial charge in [-0.3, -0.25) is 0 Å². The van der Waals surface area contributed by atoms with Gasteiger partial charge in [0.1, 0.15) is 29.5 Å². The molecule has 2 N–H and O–H groups in total. The summed E-state index contributed by atoms with van der Waals surface area (Å²) in [5.41, 5.74) is 1.74. The van der Waals surface area contributed by atoms with E-state index in [1.807, 2.05) is 0 Å². The number of anilines is 2. The smallest absolute Gasteiger partial charge is 0.169 e. The first-order valence-corrected chi connectivity index (χ1v) is 8.42. The normalized spacial score (nSPS) is 10.8. The summed E-state index contributed by atoms with van der Waals surface area (Å²) < 4.78 is 15.8. The van der Waals surface area contributed by atoms with Crippen LogP contribution in [0.5, 0.6) is 0 Å². The Morgan fingerprint density at radius 2 is 2.07 bits per heavy atom. The Labute approximate surface area is 158 Å². The Morgan fingerprint density at radius 1 is 1.21 bits per heavy atom. The number of aliphatic hydroxyl groups excluding tert-OH is 1. The molecule has 1 aromatic carbocycles. The van der Waals surface area contributed by atoms with Crippen molar-refractivity contribution in [3.05, 3.63) is 66.1 Å². The van der Waals surface area contributed by atoms with Crippen LogP contribution in [-0.2, 0) is 6.42 Å². The molecule has 0 fully saturated rings. The van der Waals surface area contributed by atoms with Gasteiger partial charge in [-0.05, 0) is 12.1 Å². The summed E-state index contributed by atoms with van der Waals surface area (Å²) in [6, 6.07) is 10.7. The van der Waals surface area contributed by atoms with E-state index in [2.05, 4.69) is 31.4 Å². The van der Waals surface area contributed by atoms with Gasteiger partial charge in [0.2, 0.25) is 0 Å². The van der Waals surface area contributed by atoms with E-state index in [9.17, 15) is 9.65 Å². The number of benzene rings is 1. The summed E-state index contributed by atoms with van der Waals surface area (Å²) in [4.78, 5) is 12.3. The van der Waals surface area contributed by atoms with Gasteiger partial charge in [0, 0.05) is 31.0 Å². The number of hydrogen-bond acceptors (Lipinski definition) is 7. The average molecular weight is 375 g/mol. The van der Waals surface area contributed by atoms with Crippen molar-refractivity contribution >= 4 is 22.5 Å². The van der Waals surface area contributed by atoms with Crippen molar-refractivity contribution in [2.75, 3.05) is 11.9 Å². The molecule has 0 atom stereocenters. The zero-order chi connectivity index (χ0) is 19.5. The van der Waals surface area contributed by atoms with E-state index in [1.54, 1.807) is 36.5 Å². The highest BCUT2D eigenvalue weighted by molar-refractivity contribution is 5.91. The van der Waals surface area contributed by atoms with Crippen molar-refractivity contribution in [3.63, 3.8) is 0 Å². The molecule has 0 bridgehead atoms. The number of nitrogens with one attached hydrogen (secondary N) is 1. The monoisotopic (exact) mass is 375 g/mol. The highest BCUT2D eigenvalue weighted by Gasteiger charge is 2.15. The molecule has 4 rings (SSSR count). The molecule has 3 heterocycles. The summed E-state index contributed by atoms with van der Waals surface area (Å²) in [5.74, 6) is 0.257. The van der Waals surface area contributed by atoms with Crippen molar-refractivity contribution in [1.82, 2.24) is 24.7 Å². The van der Waals surface area contributed by atoms with E-state index < -0.39 is 5.82 Å². The number of nitrogens with zero attached hydrogens (tertiary/aromatic N) is 6. The zero-order valence-electron chi connectivity index (χ0n) is 14.5. The summed E-state index contributed by atoms with van der Waals surface area (Å²) in [7, 11) is 0. The van der Waals surface area contributed by atoms with Crippen molar-refractivity contribution in [1.29, 1.82) is 5.26 Å². The number of halogens is 1. The first-order valence-electron chi connectivity index (χ1n) is 8.42. The van der Waals surface area contributed by atoms with E-state index in [-0.39, 0.29) is 12.1 Å². The molecule has 0 aliphatic heterocycles. The first-order chi connectivity index (χ1) is 13.7. The van der Waals surface area contributed by atoms with Crippen molar-refractivity contribution in [3.8, 4) is 11.8 Å². The second-order valence-electron chi connectivity index (χ2n) is 5.91. The molecule has 0 spiro atoms. The third-order valence-electron chi connectivity index (χ3n) is 4.11. The number of para-hydroxylation sites is 1. The highest BCUT2D eigenvalue weighted by Crippen LogP contribution is 2.27. The molecule has 0 aliphatic rings. The predicted molar refractivity (Wildman–Crippen MR) is 99.6 cm³/mol. The number of fused-ring (bicyclic) bond motifs is 1. The topological polar surface area (TPSA) is 113 Å². The minimum absolute atomic E-state index is 0.0272. The summed E-state index contributed by atoms with van der Waals surface area (Å²) in [6.07, 6.45) is 4.46. The number of nitriles is 1. The van der Waals surface area contributed by atoms with Crippen molar-refractivity contribution < 1.29 is 9.50 Å². The Morgan fingerprint density at radius 3 is 2.89 bits per heavy atom. The zero-order valence-corrected chi connectivity index (χ0v) is 14.5. The molecule has 0 unspecified atom stereocenters. The van der Waals surface area contributed by atoms with E-state index >= 15 is 0 Å². The Bertz CT molecular complexity index is 1200. The quantitative estimate of drug-likeness (QED) is 0.551. The molecule has 3 aromatic heterocycles. The van der Waals surface area contributed by atoms with Crippen LogP contribution in [0, 0.1) is 17.1 Å². The van der Waals surface area contributed by atoms with E-state index in [4.69, 9.17) is 5.11 Å². The van der Waals surface area contributed by atoms with Crippen molar-refractivity contribution in [2.45, 2.75) is 6.42 Å². The third kappa shape index (κ3) is 3.24. The lowest BCUT2D eigenvalue weighted by atomic mass is 10.2. The van der Waals surface area contributed by atoms with Crippen LogP contribution in [0.1, 0.15) is 11.3 Å². The molecule has 0 radical (unpaired) electrons. The molecule has 28 heavy (non-hydrogen) atoms. The van der Waals surface area contributed by atoms with Gasteiger partial charge in [-0.2, -0.15) is 10.4 Å². The maximum atomic E-state index is 14.3. The Balaban J connectivity index is 1.78. The summed E-state index contributed by atoms with van der Waals surface area (Å²) >= 11 is 0. The molecule has 9 heteroatoms. The van der Waals surface area contributed by atoms with Gasteiger partial charge in [0.15, 0.2) is 5.82 Å². The van der Waals surface area contributed by atoms with Crippen LogP contribution in [0.2, 0.25) is 0 Å². The van der Waals surface area contributed by atoms with Gasteiger partial charge in [-0.25, -0.2) is 24.0 Å². The molecule has 0 saturated carbocycles. The van der Waals surface area contributed by atoms with Gasteiger partial charge in [-0.1, -0.05) is 12.1 Å². The molecule has 0 aliphatic carbocycles. The minimum Gasteiger partial charge on any atom is -0.396 e. The van der Waals surface area contributed by atoms with E-state index in [0.717, 1.165) is 6.20 Å². The number of hydrogen-bond donors (Lipinski definition) is 2. The van der Waals surface area contributed by atoms with Gasteiger partial charge < -0.3 is 10.4 Å². The minimum atomic E-state index is -0.572. The molecule has 0 amide bonds. The Hall–Kier alpha value is -3.90. The van der Waals surface area contributed by atoms with Crippen LogP contribution < -0.4 is 5.32 Å². The van der Waals surface area contributed by atoms with Gasteiger partial charge in [0.05, 0.1) is 22.8 Å². The maximum absolute atomic E-state index is 14.3. The first kappa shape index (κ1) is 17.5. The molecule has 4 aromatic rings. The van der Waals surface area contributed by atoms with Crippen LogP contribution in [0.15, 0.2) is 49.1 Å². The fraction of sp³-hybridized carbons (Fsp3) is 0.105. The second kappa shape index (κ2) is 7.38. The van der Waals surface area contributed by atoms with Crippen LogP contribution in [0.25, 0.3) is 16.6 Å². The maximum Gasteiger partial charge on any atom is 0.169 e. The summed E-state index contributed by atoms with van der Waals surface area (Å²) in [6.45, 7) is -0.0272. The third-order valence-corrected chi connectivity index (χ3v) is 4.11. The van der Waals surface area contributed by atoms with Crippen LogP contribution in [0.4, 0.5) is 16.0 Å². The molecule has 138 valence electrons. The van der Waals surface area contributed by atoms with Crippen LogP contribution in [0.3, 0.4) is 0 Å².